The van der Waals surface area contributed by atoms with Crippen molar-refractivity contribution in [2.24, 2.45) is 0 Å². The molecular weight excluding hydrogens is 138 g/mol. The third kappa shape index (κ3) is 2.20. The van der Waals surface area contributed by atoms with E-state index in [1.54, 1.807) is 0 Å². The molecule has 0 amide bonds. The molecule has 0 spiro atoms. The summed E-state index contributed by atoms with van der Waals surface area (Å²) in [7, 11) is 5.92. The van der Waals surface area contributed by atoms with Gasteiger partial charge in [-0.05, 0) is 0 Å². The molecule has 0 aromatic carbocycles. The Balaban J connectivity index is 3.87. The first-order chi connectivity index (χ1) is 4.74. The van der Waals surface area contributed by atoms with Crippen molar-refractivity contribution in [2.75, 3.05) is 35.2 Å². The van der Waals surface area contributed by atoms with Crippen LogP contribution < -0.4 is 0 Å². The Morgan fingerprint density at radius 2 is 1.30 bits per heavy atom. The van der Waals surface area contributed by atoms with E-state index in [4.69, 9.17) is 19.2 Å². The first-order valence-corrected chi connectivity index (χ1v) is 2.79. The molecule has 0 N–H and O–H groups in total. The van der Waals surface area contributed by atoms with Gasteiger partial charge >= 0.3 is 0 Å². The molecule has 0 aliphatic rings. The number of hydrogen-bond donors (Lipinski definition) is 0. The monoisotopic (exact) mass is 152 g/mol. The average molecular weight is 152 g/mol. The van der Waals surface area contributed by atoms with Gasteiger partial charge in [-0.2, -0.15) is 0 Å². The minimum atomic E-state index is -0.420. The molecule has 0 aromatic heterocycles. The molecule has 0 bridgehead atoms. The molecule has 0 radical (unpaired) electrons. The van der Waals surface area contributed by atoms with Gasteiger partial charge in [0.2, 0.25) is 0 Å². The fraction of sp³-hybridized carbons (Fsp3) is 1.00. The van der Waals surface area contributed by atoms with Crippen LogP contribution >= 0.6 is 0 Å². The second-order valence-corrected chi connectivity index (χ2v) is 1.58. The molecule has 5 nitrogen and oxygen atoms in total. The van der Waals surface area contributed by atoms with Crippen LogP contribution in [0.4, 0.5) is 0 Å². The summed E-state index contributed by atoms with van der Waals surface area (Å²) >= 11 is 0. The molecule has 0 fully saturated rings. The molecule has 62 valence electrons. The maximum absolute atomic E-state index is 4.84. The van der Waals surface area contributed by atoms with Gasteiger partial charge in [-0.1, -0.05) is 0 Å². The first-order valence-electron chi connectivity index (χ1n) is 2.79. The summed E-state index contributed by atoms with van der Waals surface area (Å²) in [6.07, 6.45) is 0. The second-order valence-electron chi connectivity index (χ2n) is 1.58. The lowest BCUT2D eigenvalue weighted by Gasteiger charge is -2.23. The molecule has 0 atom stereocenters. The summed E-state index contributed by atoms with van der Waals surface area (Å²) in [6, 6.07) is 0. The molecule has 0 aliphatic carbocycles. The van der Waals surface area contributed by atoms with E-state index in [1.807, 2.05) is 0 Å². The molecule has 5 heteroatoms. The van der Waals surface area contributed by atoms with Crippen molar-refractivity contribution < 1.29 is 24.2 Å². The van der Waals surface area contributed by atoms with E-state index in [-0.39, 0.29) is 6.73 Å². The van der Waals surface area contributed by atoms with Crippen LogP contribution in [0.15, 0.2) is 0 Å². The number of hydroxylamine groups is 3. The van der Waals surface area contributed by atoms with E-state index in [2.05, 4.69) is 0 Å². The Bertz CT molecular complexity index is 75.5. The van der Waals surface area contributed by atoms with E-state index in [1.165, 1.54) is 28.4 Å². The highest BCUT2D eigenvalue weighted by Gasteiger charge is 2.29. The average Bonchev–Trinajstić information content (AvgIpc) is 2.01. The highest BCUT2D eigenvalue weighted by atomic mass is 17.2. The van der Waals surface area contributed by atoms with Crippen LogP contribution in [0.1, 0.15) is 0 Å². The Labute approximate surface area is 60.5 Å². The number of methoxy groups -OCH3 is 1. The van der Waals surface area contributed by atoms with Crippen molar-refractivity contribution in [3.63, 3.8) is 0 Å². The normalized spacial score (nSPS) is 12.0. The lowest BCUT2D eigenvalue weighted by molar-refractivity contribution is -1.37. The summed E-state index contributed by atoms with van der Waals surface area (Å²) in [5.74, 6) is 0. The van der Waals surface area contributed by atoms with Crippen LogP contribution in [-0.2, 0) is 19.2 Å². The van der Waals surface area contributed by atoms with Crippen LogP contribution in [0.3, 0.4) is 0 Å². The van der Waals surface area contributed by atoms with Gasteiger partial charge in [0.1, 0.15) is 26.3 Å². The van der Waals surface area contributed by atoms with Crippen LogP contribution in [0, 0.1) is 0 Å². The predicted molar refractivity (Wildman–Crippen MR) is 33.2 cm³/mol. The molecule has 0 heterocycles. The largest absolute Gasteiger partial charge is 0.328 e. The van der Waals surface area contributed by atoms with Gasteiger partial charge in [0.15, 0.2) is 0 Å². The van der Waals surface area contributed by atoms with Crippen molar-refractivity contribution in [3.8, 4) is 0 Å². The zero-order chi connectivity index (χ0) is 8.04. The smallest absolute Gasteiger partial charge is 0.280 e. The third-order valence-corrected chi connectivity index (χ3v) is 1.12. The zero-order valence-corrected chi connectivity index (χ0v) is 6.79. The van der Waals surface area contributed by atoms with Gasteiger partial charge in [-0.15, -0.1) is 14.5 Å². The lowest BCUT2D eigenvalue weighted by atomic mass is 11.2. The fourth-order valence-electron chi connectivity index (χ4n) is 0.540. The van der Waals surface area contributed by atoms with Gasteiger partial charge in [-0.25, -0.2) is 0 Å². The molecule has 0 aromatic rings. The van der Waals surface area contributed by atoms with Crippen molar-refractivity contribution in [3.05, 3.63) is 0 Å². The molecule has 0 aliphatic heterocycles. The summed E-state index contributed by atoms with van der Waals surface area (Å²) in [6.45, 7) is 0.184. The van der Waals surface area contributed by atoms with Gasteiger partial charge in [0.25, 0.3) is 6.73 Å². The zero-order valence-electron chi connectivity index (χ0n) is 6.79. The van der Waals surface area contributed by atoms with Crippen molar-refractivity contribution in [2.45, 2.75) is 0 Å². The fourth-order valence-corrected chi connectivity index (χ4v) is 0.540. The second kappa shape index (κ2) is 4.59. The van der Waals surface area contributed by atoms with Crippen LogP contribution in [0.25, 0.3) is 0 Å². The van der Waals surface area contributed by atoms with Gasteiger partial charge < -0.3 is 4.74 Å². The molecule has 0 saturated heterocycles. The van der Waals surface area contributed by atoms with Gasteiger partial charge in [0.05, 0.1) is 0 Å². The lowest BCUT2D eigenvalue weighted by Crippen LogP contribution is -2.46. The summed E-state index contributed by atoms with van der Waals surface area (Å²) in [4.78, 5) is 14.1. The van der Waals surface area contributed by atoms with Crippen molar-refractivity contribution >= 4 is 0 Å². The Hall–Kier alpha value is -0.200. The minimum absolute atomic E-state index is 0.184. The predicted octanol–water partition coefficient (Wildman–Crippen LogP) is 0.0913. The van der Waals surface area contributed by atoms with Crippen molar-refractivity contribution in [1.82, 2.24) is 0 Å². The van der Waals surface area contributed by atoms with E-state index < -0.39 is 4.97 Å². The van der Waals surface area contributed by atoms with E-state index in [9.17, 15) is 0 Å². The topological polar surface area (TPSA) is 36.9 Å². The number of ether oxygens (including phenoxy) is 1. The van der Waals surface area contributed by atoms with Gasteiger partial charge in [-0.3, -0.25) is 0 Å². The molecule has 10 heavy (non-hydrogen) atoms. The number of rotatable bonds is 5. The quantitative estimate of drug-likeness (QED) is 0.318. The van der Waals surface area contributed by atoms with Crippen LogP contribution in [0.5, 0.6) is 0 Å². The summed E-state index contributed by atoms with van der Waals surface area (Å²) in [5, 5.41) is 0. The standard InChI is InChI=1S/C5H14NO4/c1-7-5-6(8-2,9-3)10-4/h5H2,1-4H3/q+1. The maximum atomic E-state index is 4.84. The van der Waals surface area contributed by atoms with E-state index >= 15 is 0 Å². The first kappa shape index (κ1) is 9.80. The number of quaternary nitrogens is 1. The van der Waals surface area contributed by atoms with Gasteiger partial charge in [0, 0.05) is 7.11 Å². The van der Waals surface area contributed by atoms with Crippen LogP contribution in [-0.4, -0.2) is 40.1 Å². The summed E-state index contributed by atoms with van der Waals surface area (Å²) < 4.78 is 4.78. The minimum Gasteiger partial charge on any atom is -0.328 e. The summed E-state index contributed by atoms with van der Waals surface area (Å²) in [5.41, 5.74) is 0. The third-order valence-electron chi connectivity index (χ3n) is 1.12. The number of nitrogens with zero attached hydrogens (tertiary/aromatic N) is 1. The highest BCUT2D eigenvalue weighted by molar-refractivity contribution is 3.83. The Morgan fingerprint density at radius 3 is 1.40 bits per heavy atom. The van der Waals surface area contributed by atoms with E-state index in [0.717, 1.165) is 0 Å². The van der Waals surface area contributed by atoms with E-state index in [0.29, 0.717) is 0 Å². The Morgan fingerprint density at radius 1 is 0.900 bits per heavy atom. The maximum Gasteiger partial charge on any atom is 0.280 e. The molecule has 0 unspecified atom stereocenters. The molecule has 0 saturated carbocycles. The SMILES string of the molecule is COC[N+](OC)(OC)OC. The van der Waals surface area contributed by atoms with Crippen molar-refractivity contribution in [1.29, 1.82) is 0 Å². The Kier molecular flexibility index (Phi) is 4.50. The van der Waals surface area contributed by atoms with Crippen LogP contribution in [0.2, 0.25) is 0 Å². The highest BCUT2D eigenvalue weighted by Crippen LogP contribution is 2.06. The molecular formula is C5H14NO4+. The molecule has 0 rings (SSSR count). The number of hydrogen-bond acceptors (Lipinski definition) is 4.